The Kier molecular flexibility index (Phi) is 3.72. The van der Waals surface area contributed by atoms with Crippen LogP contribution >= 0.6 is 11.3 Å². The van der Waals surface area contributed by atoms with E-state index in [9.17, 15) is 0 Å². The van der Waals surface area contributed by atoms with E-state index in [0.717, 1.165) is 26.2 Å². The molecule has 1 aliphatic rings. The molecule has 1 aromatic rings. The minimum Gasteiger partial charge on any atom is -0.315 e. The molecule has 0 spiro atoms. The van der Waals surface area contributed by atoms with Crippen LogP contribution in [0.3, 0.4) is 0 Å². The van der Waals surface area contributed by atoms with Gasteiger partial charge in [0.25, 0.3) is 0 Å². The maximum absolute atomic E-state index is 4.53. The number of thiazole rings is 1. The van der Waals surface area contributed by atoms with E-state index in [1.54, 1.807) is 11.3 Å². The fourth-order valence-corrected chi connectivity index (χ4v) is 2.74. The van der Waals surface area contributed by atoms with Crippen LogP contribution in [0.4, 0.5) is 0 Å². The lowest BCUT2D eigenvalue weighted by Gasteiger charge is -2.25. The Bertz CT molecular complexity index is 305. The molecule has 1 saturated heterocycles. The topological polar surface area (TPSA) is 28.2 Å². The van der Waals surface area contributed by atoms with Crippen molar-refractivity contribution in [3.63, 3.8) is 0 Å². The predicted molar refractivity (Wildman–Crippen MR) is 64.2 cm³/mol. The number of rotatable bonds is 4. The Hall–Kier alpha value is -0.450. The summed E-state index contributed by atoms with van der Waals surface area (Å²) in [6, 6.07) is 0.706. The van der Waals surface area contributed by atoms with Crippen molar-refractivity contribution < 1.29 is 0 Å². The van der Waals surface area contributed by atoms with Gasteiger partial charge in [0.15, 0.2) is 0 Å². The maximum atomic E-state index is 4.53. The number of aromatic nitrogens is 1. The first-order valence-corrected chi connectivity index (χ1v) is 6.53. The van der Waals surface area contributed by atoms with Crippen LogP contribution in [-0.4, -0.2) is 35.6 Å². The van der Waals surface area contributed by atoms with Crippen LogP contribution in [0.15, 0.2) is 5.38 Å². The summed E-state index contributed by atoms with van der Waals surface area (Å²) in [5, 5.41) is 6.77. The van der Waals surface area contributed by atoms with E-state index in [-0.39, 0.29) is 0 Å². The van der Waals surface area contributed by atoms with Crippen molar-refractivity contribution in [2.45, 2.75) is 32.9 Å². The van der Waals surface area contributed by atoms with E-state index in [1.165, 1.54) is 17.1 Å². The Labute approximate surface area is 95.5 Å². The molecule has 0 bridgehead atoms. The average Bonchev–Trinajstić information content (AvgIpc) is 2.85. The van der Waals surface area contributed by atoms with Crippen LogP contribution in [0.2, 0.25) is 0 Å². The van der Waals surface area contributed by atoms with Crippen molar-refractivity contribution in [2.75, 3.05) is 19.6 Å². The third kappa shape index (κ3) is 2.77. The molecule has 1 N–H and O–H groups in total. The van der Waals surface area contributed by atoms with Gasteiger partial charge in [-0.15, -0.1) is 11.3 Å². The lowest BCUT2D eigenvalue weighted by Crippen LogP contribution is -2.36. The lowest BCUT2D eigenvalue weighted by molar-refractivity contribution is 0.208. The Morgan fingerprint density at radius 3 is 3.07 bits per heavy atom. The third-order valence-electron chi connectivity index (χ3n) is 2.99. The summed E-state index contributed by atoms with van der Waals surface area (Å²) in [5.41, 5.74) is 1.23. The number of aryl methyl sites for hydroxylation is 1. The molecule has 2 heterocycles. The molecule has 0 aliphatic carbocycles. The summed E-state index contributed by atoms with van der Waals surface area (Å²) in [4.78, 5) is 7.05. The SMILES string of the molecule is CCN(Cc1csc(C)n1)C1CCNC1. The van der Waals surface area contributed by atoms with E-state index in [4.69, 9.17) is 0 Å². The molecule has 3 nitrogen and oxygen atoms in total. The van der Waals surface area contributed by atoms with Gasteiger partial charge in [-0.05, 0) is 26.4 Å². The first-order chi connectivity index (χ1) is 7.29. The molecule has 15 heavy (non-hydrogen) atoms. The van der Waals surface area contributed by atoms with Crippen molar-refractivity contribution in [2.24, 2.45) is 0 Å². The monoisotopic (exact) mass is 225 g/mol. The van der Waals surface area contributed by atoms with Crippen molar-refractivity contribution >= 4 is 11.3 Å². The largest absolute Gasteiger partial charge is 0.315 e. The highest BCUT2D eigenvalue weighted by Crippen LogP contribution is 2.14. The zero-order valence-electron chi connectivity index (χ0n) is 9.49. The summed E-state index contributed by atoms with van der Waals surface area (Å²) in [7, 11) is 0. The molecular formula is C11H19N3S. The van der Waals surface area contributed by atoms with Crippen LogP contribution in [0.5, 0.6) is 0 Å². The van der Waals surface area contributed by atoms with E-state index in [1.807, 2.05) is 0 Å². The van der Waals surface area contributed by atoms with E-state index >= 15 is 0 Å². The molecule has 1 fully saturated rings. The van der Waals surface area contributed by atoms with Gasteiger partial charge in [-0.1, -0.05) is 6.92 Å². The predicted octanol–water partition coefficient (Wildman–Crippen LogP) is 1.64. The fraction of sp³-hybridized carbons (Fsp3) is 0.727. The van der Waals surface area contributed by atoms with Gasteiger partial charge >= 0.3 is 0 Å². The first kappa shape index (κ1) is 11.0. The maximum Gasteiger partial charge on any atom is 0.0897 e. The summed E-state index contributed by atoms with van der Waals surface area (Å²) in [6.45, 7) is 8.73. The Morgan fingerprint density at radius 2 is 2.53 bits per heavy atom. The number of likely N-dealkylation sites (N-methyl/N-ethyl adjacent to an activating group) is 1. The van der Waals surface area contributed by atoms with Gasteiger partial charge < -0.3 is 5.32 Å². The zero-order chi connectivity index (χ0) is 10.7. The van der Waals surface area contributed by atoms with Gasteiger partial charge in [0.1, 0.15) is 0 Å². The molecule has 1 aromatic heterocycles. The molecule has 1 atom stereocenters. The quantitative estimate of drug-likeness (QED) is 0.844. The first-order valence-electron chi connectivity index (χ1n) is 5.65. The molecule has 0 radical (unpaired) electrons. The third-order valence-corrected chi connectivity index (χ3v) is 3.81. The minimum absolute atomic E-state index is 0.706. The van der Waals surface area contributed by atoms with E-state index in [2.05, 4.69) is 34.4 Å². The Morgan fingerprint density at radius 1 is 1.67 bits per heavy atom. The van der Waals surface area contributed by atoms with E-state index < -0.39 is 0 Å². The number of hydrogen-bond acceptors (Lipinski definition) is 4. The number of nitrogens with zero attached hydrogens (tertiary/aromatic N) is 2. The standard InChI is InChI=1S/C11H19N3S/c1-3-14(11-4-5-12-6-11)7-10-8-15-9(2)13-10/h8,11-12H,3-7H2,1-2H3. The second-order valence-corrected chi connectivity index (χ2v) is 5.13. The van der Waals surface area contributed by atoms with Crippen molar-refractivity contribution in [3.8, 4) is 0 Å². The molecule has 1 aliphatic heterocycles. The molecular weight excluding hydrogens is 206 g/mol. The lowest BCUT2D eigenvalue weighted by atomic mass is 10.2. The summed E-state index contributed by atoms with van der Waals surface area (Å²) < 4.78 is 0. The highest BCUT2D eigenvalue weighted by atomic mass is 32.1. The highest BCUT2D eigenvalue weighted by Gasteiger charge is 2.21. The van der Waals surface area contributed by atoms with Crippen LogP contribution in [0.1, 0.15) is 24.0 Å². The molecule has 0 amide bonds. The van der Waals surface area contributed by atoms with Gasteiger partial charge in [0, 0.05) is 24.5 Å². The summed E-state index contributed by atoms with van der Waals surface area (Å²) in [6.07, 6.45) is 1.27. The number of hydrogen-bond donors (Lipinski definition) is 1. The Balaban J connectivity index is 1.95. The molecule has 4 heteroatoms. The van der Waals surface area contributed by atoms with Crippen molar-refractivity contribution in [3.05, 3.63) is 16.1 Å². The second-order valence-electron chi connectivity index (χ2n) is 4.07. The van der Waals surface area contributed by atoms with Gasteiger partial charge in [-0.3, -0.25) is 4.90 Å². The molecule has 0 aromatic carbocycles. The zero-order valence-corrected chi connectivity index (χ0v) is 10.3. The van der Waals surface area contributed by atoms with Crippen LogP contribution in [-0.2, 0) is 6.54 Å². The highest BCUT2D eigenvalue weighted by molar-refractivity contribution is 7.09. The minimum atomic E-state index is 0.706. The smallest absolute Gasteiger partial charge is 0.0897 e. The van der Waals surface area contributed by atoms with Gasteiger partial charge in [-0.2, -0.15) is 0 Å². The summed E-state index contributed by atoms with van der Waals surface area (Å²) in [5.74, 6) is 0. The average molecular weight is 225 g/mol. The molecule has 0 saturated carbocycles. The second kappa shape index (κ2) is 5.05. The van der Waals surface area contributed by atoms with E-state index in [0.29, 0.717) is 6.04 Å². The summed E-state index contributed by atoms with van der Waals surface area (Å²) >= 11 is 1.75. The van der Waals surface area contributed by atoms with Crippen LogP contribution in [0.25, 0.3) is 0 Å². The van der Waals surface area contributed by atoms with Crippen LogP contribution < -0.4 is 5.32 Å². The van der Waals surface area contributed by atoms with Gasteiger partial charge in [0.2, 0.25) is 0 Å². The molecule has 2 rings (SSSR count). The van der Waals surface area contributed by atoms with Crippen molar-refractivity contribution in [1.29, 1.82) is 0 Å². The van der Waals surface area contributed by atoms with Crippen molar-refractivity contribution in [1.82, 2.24) is 15.2 Å². The van der Waals surface area contributed by atoms with Gasteiger partial charge in [-0.25, -0.2) is 4.98 Å². The van der Waals surface area contributed by atoms with Gasteiger partial charge in [0.05, 0.1) is 10.7 Å². The normalized spacial score (nSPS) is 21.4. The molecule has 1 unspecified atom stereocenters. The number of nitrogens with one attached hydrogen (secondary N) is 1. The van der Waals surface area contributed by atoms with Crippen LogP contribution in [0, 0.1) is 6.92 Å². The molecule has 84 valence electrons. The fourth-order valence-electron chi connectivity index (χ4n) is 2.14.